The van der Waals surface area contributed by atoms with Crippen molar-refractivity contribution >= 4 is 34.3 Å². The van der Waals surface area contributed by atoms with Gasteiger partial charge in [0.15, 0.2) is 51.6 Å². The van der Waals surface area contributed by atoms with Crippen molar-refractivity contribution in [3.05, 3.63) is 299 Å². The van der Waals surface area contributed by atoms with Crippen molar-refractivity contribution in [3.8, 4) is 84.9 Å². The van der Waals surface area contributed by atoms with Gasteiger partial charge in [0.25, 0.3) is 39.4 Å². The Balaban J connectivity index is 0.000000137. The van der Waals surface area contributed by atoms with Gasteiger partial charge in [-0.25, -0.2) is 14.0 Å². The van der Waals surface area contributed by atoms with Crippen LogP contribution in [0.5, 0.6) is 34.5 Å². The van der Waals surface area contributed by atoms with Crippen LogP contribution in [-0.2, 0) is 25.0 Å². The lowest BCUT2D eigenvalue weighted by molar-refractivity contribution is 0.0936. The van der Waals surface area contributed by atoms with Crippen LogP contribution in [0.4, 0.5) is 0 Å². The first-order valence-electron chi connectivity index (χ1n) is 39.1. The second kappa shape index (κ2) is 36.6. The Morgan fingerprint density at radius 1 is 0.479 bits per heavy atom. The van der Waals surface area contributed by atoms with E-state index in [1.54, 1.807) is 34.0 Å². The van der Waals surface area contributed by atoms with Gasteiger partial charge in [-0.1, -0.05) is 122 Å². The minimum Gasteiger partial charge on any atom is -0.503 e. The van der Waals surface area contributed by atoms with E-state index in [9.17, 15) is 58.8 Å². The van der Waals surface area contributed by atoms with Crippen molar-refractivity contribution in [2.45, 2.75) is 111 Å². The van der Waals surface area contributed by atoms with E-state index in [2.05, 4.69) is 77.6 Å². The first kappa shape index (κ1) is 82.5. The van der Waals surface area contributed by atoms with Gasteiger partial charge < -0.3 is 45.9 Å². The molecule has 7 aromatic carbocycles. The SMILES string of the molecule is CC(=O)c1nn(-c2ccccc2-c2cc(C)cc(OCC3CC3)c2)cc(O)c1=O.CCn1cc(CNC(=O)c2nn(CC3(c4cccc(C)c4)CCCC3)cc(O)c2=O)cn1.CNC(=O)c1nn(-c2ccccc2-c2cc(C)cc(OCC3CC3)c2)cc(O)c1=O.CNC(=O)c1nn(-c2ccccc2-c2ccc3ccncc3c2)cc(O)c1=O. The Kier molecular flexibility index (Phi) is 25.4. The molecule has 0 saturated heterocycles. The molecule has 6 aromatic heterocycles. The molecular formula is C91H90N14O14. The summed E-state index contributed by atoms with van der Waals surface area (Å²) in [7, 11) is 2.80. The molecule has 0 spiro atoms. The van der Waals surface area contributed by atoms with Crippen molar-refractivity contribution < 1.29 is 49.1 Å². The highest BCUT2D eigenvalue weighted by Crippen LogP contribution is 2.43. The number of rotatable bonds is 22. The van der Waals surface area contributed by atoms with E-state index in [1.165, 1.54) is 96.7 Å². The molecule has 3 fully saturated rings. The van der Waals surface area contributed by atoms with E-state index in [0.717, 1.165) is 118 Å². The Labute approximate surface area is 683 Å². The van der Waals surface area contributed by atoms with Gasteiger partial charge in [0.05, 0.1) is 67.8 Å². The molecule has 3 aliphatic rings. The molecule has 3 saturated carbocycles. The number of para-hydroxylation sites is 3. The van der Waals surface area contributed by atoms with Crippen LogP contribution < -0.4 is 47.1 Å². The number of aromatic nitrogens is 11. The van der Waals surface area contributed by atoms with Gasteiger partial charge in [-0.3, -0.25) is 52.7 Å². The van der Waals surface area contributed by atoms with Crippen LogP contribution in [0.2, 0.25) is 0 Å². The zero-order valence-corrected chi connectivity index (χ0v) is 66.8. The number of pyridine rings is 1. The Morgan fingerprint density at radius 3 is 1.44 bits per heavy atom. The van der Waals surface area contributed by atoms with Crippen LogP contribution in [0.1, 0.15) is 135 Å². The van der Waals surface area contributed by atoms with Crippen LogP contribution in [-0.4, -0.2) is 125 Å². The maximum Gasteiger partial charge on any atom is 0.276 e. The number of aryl methyl sites for hydroxylation is 4. The van der Waals surface area contributed by atoms with Gasteiger partial charge in [0.2, 0.25) is 0 Å². The van der Waals surface area contributed by atoms with Crippen molar-refractivity contribution in [2.75, 3.05) is 27.3 Å². The summed E-state index contributed by atoms with van der Waals surface area (Å²) in [5.41, 5.74) is 7.86. The van der Waals surface area contributed by atoms with Crippen LogP contribution in [0.25, 0.3) is 61.2 Å². The number of Topliss-reactive ketones (excluding diaryl/α,β-unsaturated/α-hetero) is 1. The topological polar surface area (TPSA) is 374 Å². The lowest BCUT2D eigenvalue weighted by atomic mass is 9.78. The fourth-order valence-corrected chi connectivity index (χ4v) is 14.1. The van der Waals surface area contributed by atoms with Gasteiger partial charge in [-0.05, 0) is 171 Å². The summed E-state index contributed by atoms with van der Waals surface area (Å²) in [6.45, 7) is 12.2. The smallest absolute Gasteiger partial charge is 0.276 e. The average Bonchev–Trinajstić information content (AvgIpc) is 1.70. The molecule has 28 heteroatoms. The number of benzene rings is 7. The number of ether oxygens (including phenoxy) is 2. The summed E-state index contributed by atoms with van der Waals surface area (Å²) in [6.07, 6.45) is 21.1. The Morgan fingerprint density at radius 2 is 0.958 bits per heavy atom. The first-order chi connectivity index (χ1) is 57.4. The third kappa shape index (κ3) is 19.8. The van der Waals surface area contributed by atoms with E-state index in [1.807, 2.05) is 154 Å². The molecule has 16 rings (SSSR count). The zero-order valence-electron chi connectivity index (χ0n) is 66.8. The Bertz CT molecular complexity index is 6250. The predicted octanol–water partition coefficient (Wildman–Crippen LogP) is 12.4. The number of hydrogen-bond acceptors (Lipinski definition) is 20. The normalized spacial score (nSPS) is 13.1. The van der Waals surface area contributed by atoms with E-state index in [-0.39, 0.29) is 34.7 Å². The third-order valence-electron chi connectivity index (χ3n) is 20.7. The largest absolute Gasteiger partial charge is 0.503 e. The fourth-order valence-electron chi connectivity index (χ4n) is 14.1. The highest BCUT2D eigenvalue weighted by molar-refractivity contribution is 5.94. The lowest BCUT2D eigenvalue weighted by Crippen LogP contribution is -2.34. The number of amides is 3. The van der Waals surface area contributed by atoms with Crippen molar-refractivity contribution in [1.29, 1.82) is 0 Å². The van der Waals surface area contributed by atoms with Crippen LogP contribution in [0.3, 0.4) is 0 Å². The molecule has 119 heavy (non-hydrogen) atoms. The minimum absolute atomic E-state index is 0.136. The van der Waals surface area contributed by atoms with E-state index >= 15 is 0 Å². The molecule has 0 aliphatic heterocycles. The number of aromatic hydroxyl groups is 4. The number of nitrogens with one attached hydrogen (secondary N) is 3. The quantitative estimate of drug-likeness (QED) is 0.0310. The highest BCUT2D eigenvalue weighted by atomic mass is 16.5. The Hall–Kier alpha value is -14.4. The molecular weight excluding hydrogens is 1510 g/mol. The van der Waals surface area contributed by atoms with Gasteiger partial charge in [0.1, 0.15) is 11.5 Å². The number of hydrogen-bond donors (Lipinski definition) is 7. The lowest BCUT2D eigenvalue weighted by Gasteiger charge is -2.30. The second-order valence-corrected chi connectivity index (χ2v) is 29.8. The van der Waals surface area contributed by atoms with Crippen molar-refractivity contribution in [2.24, 2.45) is 11.8 Å². The second-order valence-electron chi connectivity index (χ2n) is 29.8. The molecule has 3 amide bonds. The maximum atomic E-state index is 12.7. The molecule has 608 valence electrons. The maximum absolute atomic E-state index is 12.7. The summed E-state index contributed by atoms with van der Waals surface area (Å²) >= 11 is 0. The van der Waals surface area contributed by atoms with Crippen LogP contribution >= 0.6 is 0 Å². The zero-order chi connectivity index (χ0) is 84.2. The van der Waals surface area contributed by atoms with E-state index in [4.69, 9.17) is 9.47 Å². The molecule has 0 radical (unpaired) electrons. The number of carbonyl (C=O) groups is 4. The minimum atomic E-state index is -0.815. The van der Waals surface area contributed by atoms with Gasteiger partial charge in [0, 0.05) is 85.8 Å². The molecule has 6 heterocycles. The third-order valence-corrected chi connectivity index (χ3v) is 20.7. The van der Waals surface area contributed by atoms with E-state index in [0.29, 0.717) is 35.4 Å². The number of carbonyl (C=O) groups excluding carboxylic acids is 4. The molecule has 0 atom stereocenters. The molecule has 0 bridgehead atoms. The van der Waals surface area contributed by atoms with E-state index < -0.39 is 68.2 Å². The summed E-state index contributed by atoms with van der Waals surface area (Å²) < 4.78 is 19.3. The molecule has 28 nitrogen and oxygen atoms in total. The molecule has 13 aromatic rings. The van der Waals surface area contributed by atoms with Crippen molar-refractivity contribution in [1.82, 2.24) is 69.8 Å². The van der Waals surface area contributed by atoms with Gasteiger partial charge in [-0.2, -0.15) is 25.5 Å². The number of nitrogens with zero attached hydrogens (tertiary/aromatic N) is 11. The van der Waals surface area contributed by atoms with Crippen LogP contribution in [0, 0.1) is 32.6 Å². The standard InChI is InChI=1S/C24H29N5O3.C23H23N3O4.C23H22N2O4.C21H16N4O3/c1-3-28-14-18(13-26-28)12-25-23(32)21-22(31)20(30)15-29(27-21)16-24(9-4-5-10-24)19-8-6-7-17(2)11-19;1-14-9-16(11-17(10-14)30-13-15-7-8-15)18-5-3-4-6-19(18)26-12-20(27)22(28)21(25-26)23(29)24-2;1-14-9-17(11-18(10-14)29-13-16-7-8-16)19-5-3-4-6-20(19)25-12-21(27)23(28)22(24-25)15(2)26;1-22-21(28)19-20(27)18(26)12-25(24-19)17-5-3-2-4-16(17)14-7-6-13-8-9-23-11-15(13)10-14/h6-8,11,13-15,30H,3-5,9-10,12,16H2,1-2H3,(H,25,32);3-6,9-12,15,27H,7-8,13H2,1-2H3,(H,24,29);3-6,9-12,16,27H,7-8,13H2,1-2H3;2-12,26H,1H3,(H,22,28). The number of fused-ring (bicyclic) bond motifs is 1. The van der Waals surface area contributed by atoms with Crippen molar-refractivity contribution in [3.63, 3.8) is 0 Å². The van der Waals surface area contributed by atoms with Crippen LogP contribution in [0.15, 0.2) is 226 Å². The molecule has 3 aliphatic carbocycles. The first-order valence-corrected chi connectivity index (χ1v) is 39.1. The average molecular weight is 1600 g/mol. The number of ketones is 1. The fraction of sp³-hybridized carbons (Fsp3) is 0.253. The highest BCUT2D eigenvalue weighted by Gasteiger charge is 2.37. The summed E-state index contributed by atoms with van der Waals surface area (Å²) in [4.78, 5) is 101. The molecule has 0 unspecified atom stereocenters. The predicted molar refractivity (Wildman–Crippen MR) is 449 cm³/mol. The summed E-state index contributed by atoms with van der Waals surface area (Å²) in [5, 5.41) is 70.9. The van der Waals surface area contributed by atoms with Gasteiger partial charge in [-0.15, -0.1) is 0 Å². The summed E-state index contributed by atoms with van der Waals surface area (Å²) in [6, 6.07) is 50.7. The summed E-state index contributed by atoms with van der Waals surface area (Å²) in [5.74, 6) is -1.60. The van der Waals surface area contributed by atoms with Gasteiger partial charge >= 0.3 is 0 Å². The monoisotopic (exact) mass is 1600 g/mol. The molecule has 7 N–H and O–H groups in total.